The lowest BCUT2D eigenvalue weighted by Crippen LogP contribution is -2.15. The van der Waals surface area contributed by atoms with Crippen LogP contribution in [0.15, 0.2) is 48.0 Å². The van der Waals surface area contributed by atoms with Crippen LogP contribution < -0.4 is 14.8 Å². The quantitative estimate of drug-likeness (QED) is 0.555. The summed E-state index contributed by atoms with van der Waals surface area (Å²) in [6, 6.07) is 11.8. The van der Waals surface area contributed by atoms with E-state index in [-0.39, 0.29) is 0 Å². The van der Waals surface area contributed by atoms with Gasteiger partial charge in [0.25, 0.3) is 0 Å². The summed E-state index contributed by atoms with van der Waals surface area (Å²) in [5.74, 6) is 3.03. The highest BCUT2D eigenvalue weighted by atomic mass is 32.1. The summed E-state index contributed by atoms with van der Waals surface area (Å²) in [7, 11) is 0. The van der Waals surface area contributed by atoms with Gasteiger partial charge in [0, 0.05) is 12.7 Å². The fourth-order valence-corrected chi connectivity index (χ4v) is 4.13. The lowest BCUT2D eigenvalue weighted by atomic mass is 10.2. The lowest BCUT2D eigenvalue weighted by molar-refractivity contribution is 0.171. The summed E-state index contributed by atoms with van der Waals surface area (Å²) >= 11 is 1.62. The number of pyridine rings is 1. The number of anilines is 1. The first-order chi connectivity index (χ1) is 13.8. The maximum Gasteiger partial charge on any atom is 0.181 e. The maximum atomic E-state index is 5.69. The minimum absolute atomic E-state index is 0.581. The predicted molar refractivity (Wildman–Crippen MR) is 110 cm³/mol. The van der Waals surface area contributed by atoms with E-state index in [0.29, 0.717) is 25.6 Å². The van der Waals surface area contributed by atoms with Crippen molar-refractivity contribution in [2.75, 3.05) is 18.5 Å². The molecule has 0 saturated carbocycles. The van der Waals surface area contributed by atoms with Crippen molar-refractivity contribution in [1.29, 1.82) is 0 Å². The Morgan fingerprint density at radius 2 is 1.96 bits per heavy atom. The van der Waals surface area contributed by atoms with Crippen molar-refractivity contribution in [2.24, 2.45) is 0 Å². The Labute approximate surface area is 166 Å². The van der Waals surface area contributed by atoms with Gasteiger partial charge in [-0.05, 0) is 47.7 Å². The van der Waals surface area contributed by atoms with Gasteiger partial charge in [0.2, 0.25) is 0 Å². The monoisotopic (exact) mass is 390 g/mol. The summed E-state index contributed by atoms with van der Waals surface area (Å²) in [5.41, 5.74) is 3.03. The zero-order chi connectivity index (χ0) is 18.9. The predicted octanol–water partition coefficient (Wildman–Crippen LogP) is 4.45. The van der Waals surface area contributed by atoms with Crippen LogP contribution in [0.4, 0.5) is 5.82 Å². The fourth-order valence-electron chi connectivity index (χ4n) is 3.21. The van der Waals surface area contributed by atoms with Gasteiger partial charge in [0.05, 0.1) is 5.39 Å². The second-order valence-electron chi connectivity index (χ2n) is 6.54. The molecule has 0 unspecified atom stereocenters. The molecule has 0 radical (unpaired) electrons. The standard InChI is InChI=1S/C21H18N4O2S/c1-13-12-28-21-18(13)20(24-19(25-21)15-4-2-3-7-22-15)23-11-14-5-6-16-17(10-14)27-9-8-26-16/h2-7,10,12H,8-9,11H2,1H3,(H,23,24,25). The maximum absolute atomic E-state index is 5.69. The molecule has 0 amide bonds. The molecule has 3 aromatic heterocycles. The van der Waals surface area contributed by atoms with Gasteiger partial charge in [0.1, 0.15) is 29.6 Å². The molecule has 1 N–H and O–H groups in total. The van der Waals surface area contributed by atoms with Gasteiger partial charge in [-0.3, -0.25) is 4.98 Å². The van der Waals surface area contributed by atoms with Crippen molar-refractivity contribution in [1.82, 2.24) is 15.0 Å². The number of aryl methyl sites for hydroxylation is 1. The molecular formula is C21H18N4O2S. The van der Waals surface area contributed by atoms with Crippen LogP contribution in [-0.2, 0) is 6.54 Å². The van der Waals surface area contributed by atoms with Crippen LogP contribution in [0.5, 0.6) is 11.5 Å². The zero-order valence-electron chi connectivity index (χ0n) is 15.3. The molecule has 4 aromatic rings. The molecule has 5 rings (SSSR count). The van der Waals surface area contributed by atoms with Gasteiger partial charge in [-0.25, -0.2) is 9.97 Å². The number of hydrogen-bond donors (Lipinski definition) is 1. The van der Waals surface area contributed by atoms with Crippen LogP contribution in [0.1, 0.15) is 11.1 Å². The Morgan fingerprint density at radius 1 is 1.07 bits per heavy atom. The molecule has 0 aliphatic carbocycles. The number of fused-ring (bicyclic) bond motifs is 2. The van der Waals surface area contributed by atoms with Crippen molar-refractivity contribution in [3.63, 3.8) is 0 Å². The highest BCUT2D eigenvalue weighted by Gasteiger charge is 2.15. The zero-order valence-corrected chi connectivity index (χ0v) is 16.1. The van der Waals surface area contributed by atoms with E-state index in [1.54, 1.807) is 17.5 Å². The first-order valence-corrected chi connectivity index (χ1v) is 9.95. The van der Waals surface area contributed by atoms with Crippen molar-refractivity contribution in [2.45, 2.75) is 13.5 Å². The normalized spacial score (nSPS) is 12.9. The Bertz CT molecular complexity index is 1140. The van der Waals surface area contributed by atoms with Gasteiger partial charge >= 0.3 is 0 Å². The van der Waals surface area contributed by atoms with Crippen molar-refractivity contribution in [3.8, 4) is 23.0 Å². The molecule has 4 heterocycles. The van der Waals surface area contributed by atoms with Crippen molar-refractivity contribution in [3.05, 3.63) is 59.1 Å². The first-order valence-electron chi connectivity index (χ1n) is 9.07. The van der Waals surface area contributed by atoms with E-state index in [9.17, 15) is 0 Å². The number of hydrogen-bond acceptors (Lipinski definition) is 7. The van der Waals surface area contributed by atoms with Crippen molar-refractivity contribution >= 4 is 27.4 Å². The second kappa shape index (κ2) is 7.09. The molecule has 140 valence electrons. The minimum atomic E-state index is 0.581. The Morgan fingerprint density at radius 3 is 2.82 bits per heavy atom. The van der Waals surface area contributed by atoms with E-state index >= 15 is 0 Å². The minimum Gasteiger partial charge on any atom is -0.486 e. The number of benzene rings is 1. The molecule has 0 saturated heterocycles. The third-order valence-corrected chi connectivity index (χ3v) is 5.57. The van der Waals surface area contributed by atoms with E-state index in [4.69, 9.17) is 19.4 Å². The lowest BCUT2D eigenvalue weighted by Gasteiger charge is -2.19. The number of aromatic nitrogens is 3. The van der Waals surface area contributed by atoms with Gasteiger partial charge in [-0.2, -0.15) is 0 Å². The van der Waals surface area contributed by atoms with Crippen LogP contribution in [0.3, 0.4) is 0 Å². The topological polar surface area (TPSA) is 69.2 Å². The number of nitrogens with one attached hydrogen (secondary N) is 1. The van der Waals surface area contributed by atoms with Crippen LogP contribution >= 0.6 is 11.3 Å². The average Bonchev–Trinajstić information content (AvgIpc) is 3.13. The summed E-state index contributed by atoms with van der Waals surface area (Å²) in [4.78, 5) is 14.8. The Kier molecular flexibility index (Phi) is 4.29. The van der Waals surface area contributed by atoms with Crippen LogP contribution in [0.2, 0.25) is 0 Å². The Hall–Kier alpha value is -3.19. The first kappa shape index (κ1) is 16.9. The molecule has 1 aromatic carbocycles. The van der Waals surface area contributed by atoms with E-state index in [1.807, 2.05) is 36.4 Å². The second-order valence-corrected chi connectivity index (χ2v) is 7.40. The van der Waals surface area contributed by atoms with Gasteiger partial charge in [0.15, 0.2) is 17.3 Å². The fraction of sp³-hybridized carbons (Fsp3) is 0.190. The van der Waals surface area contributed by atoms with Gasteiger partial charge in [-0.1, -0.05) is 12.1 Å². The summed E-state index contributed by atoms with van der Waals surface area (Å²) in [6.07, 6.45) is 1.75. The number of thiophene rings is 1. The van der Waals surface area contributed by atoms with Gasteiger partial charge in [-0.15, -0.1) is 11.3 Å². The van der Waals surface area contributed by atoms with Crippen LogP contribution in [0, 0.1) is 6.92 Å². The highest BCUT2D eigenvalue weighted by molar-refractivity contribution is 7.17. The molecule has 1 aliphatic heterocycles. The third kappa shape index (κ3) is 3.14. The summed E-state index contributed by atoms with van der Waals surface area (Å²) < 4.78 is 11.3. The van der Waals surface area contributed by atoms with Gasteiger partial charge < -0.3 is 14.8 Å². The average molecular weight is 390 g/mol. The molecule has 1 aliphatic rings. The molecule has 6 nitrogen and oxygen atoms in total. The van der Waals surface area contributed by atoms with E-state index in [0.717, 1.165) is 44.4 Å². The molecule has 0 spiro atoms. The molecule has 28 heavy (non-hydrogen) atoms. The third-order valence-electron chi connectivity index (χ3n) is 4.58. The largest absolute Gasteiger partial charge is 0.486 e. The molecular weight excluding hydrogens is 372 g/mol. The number of ether oxygens (including phenoxy) is 2. The molecule has 0 atom stereocenters. The van der Waals surface area contributed by atoms with Crippen molar-refractivity contribution < 1.29 is 9.47 Å². The van der Waals surface area contributed by atoms with E-state index in [2.05, 4.69) is 22.6 Å². The van der Waals surface area contributed by atoms with Crippen LogP contribution in [0.25, 0.3) is 21.7 Å². The molecule has 0 bridgehead atoms. The van der Waals surface area contributed by atoms with Crippen LogP contribution in [-0.4, -0.2) is 28.2 Å². The molecule has 0 fully saturated rings. The SMILES string of the molecule is Cc1csc2nc(-c3ccccn3)nc(NCc3ccc4c(c3)OCCO4)c12. The Balaban J connectivity index is 1.48. The van der Waals surface area contributed by atoms with E-state index in [1.165, 1.54) is 0 Å². The van der Waals surface area contributed by atoms with E-state index < -0.39 is 0 Å². The number of nitrogens with zero attached hydrogens (tertiary/aromatic N) is 3. The number of rotatable bonds is 4. The smallest absolute Gasteiger partial charge is 0.181 e. The highest BCUT2D eigenvalue weighted by Crippen LogP contribution is 2.33. The molecule has 7 heteroatoms. The summed E-state index contributed by atoms with van der Waals surface area (Å²) in [6.45, 7) is 3.88. The summed E-state index contributed by atoms with van der Waals surface area (Å²) in [5, 5.41) is 6.64.